The maximum atomic E-state index is 15.1. The van der Waals surface area contributed by atoms with Crippen molar-refractivity contribution in [2.75, 3.05) is 0 Å². The second kappa shape index (κ2) is 30.8. The number of hydrogen-bond acceptors (Lipinski definition) is 16. The Labute approximate surface area is 706 Å². The van der Waals surface area contributed by atoms with Crippen molar-refractivity contribution in [3.05, 3.63) is 382 Å². The van der Waals surface area contributed by atoms with Gasteiger partial charge in [-0.3, -0.25) is 0 Å². The Balaban J connectivity index is 0.000000145. The fourth-order valence-electron chi connectivity index (χ4n) is 16.4. The summed E-state index contributed by atoms with van der Waals surface area (Å²) in [6.07, 6.45) is 0. The highest BCUT2D eigenvalue weighted by Crippen LogP contribution is 2.47. The van der Waals surface area contributed by atoms with E-state index in [-0.39, 0.29) is 0 Å². The number of para-hydroxylation sites is 2. The molecule has 23 rings (SSSR count). The van der Waals surface area contributed by atoms with Crippen molar-refractivity contribution in [2.24, 2.45) is 0 Å². The minimum atomic E-state index is -3.15. The molecule has 0 bridgehead atoms. The predicted octanol–water partition coefficient (Wildman–Crippen LogP) is 25.5. The van der Waals surface area contributed by atoms with Gasteiger partial charge in [0.1, 0.15) is 22.1 Å². The van der Waals surface area contributed by atoms with Gasteiger partial charge in [-0.25, -0.2) is 39.9 Å². The molecule has 0 atom stereocenters. The molecular weight excluding hydrogens is 1560 g/mol. The second-order valence-corrected chi connectivity index (χ2v) is 34.4. The molecule has 0 amide bonds. The summed E-state index contributed by atoms with van der Waals surface area (Å²) in [6, 6.07) is 129. The van der Waals surface area contributed by atoms with Gasteiger partial charge in [-0.1, -0.05) is 352 Å². The van der Waals surface area contributed by atoms with Crippen LogP contribution in [0.1, 0.15) is 0 Å². The lowest BCUT2D eigenvalue weighted by atomic mass is 9.94. The lowest BCUT2D eigenvalue weighted by molar-refractivity contribution is 0.592. The van der Waals surface area contributed by atoms with Crippen LogP contribution in [0, 0.1) is 0 Å². The first-order valence-corrected chi connectivity index (χ1v) is 43.6. The van der Waals surface area contributed by atoms with Crippen LogP contribution in [0.25, 0.3) is 210 Å². The molecule has 0 saturated heterocycles. The van der Waals surface area contributed by atoms with Gasteiger partial charge in [0.2, 0.25) is 0 Å². The molecule has 7 aromatic heterocycles. The summed E-state index contributed by atoms with van der Waals surface area (Å²) in [6.45, 7) is 0. The number of thiophene rings is 1. The van der Waals surface area contributed by atoms with Crippen molar-refractivity contribution in [2.45, 2.75) is 0 Å². The van der Waals surface area contributed by atoms with E-state index in [1.54, 1.807) is 0 Å². The molecule has 16 aromatic carbocycles. The van der Waals surface area contributed by atoms with Crippen molar-refractivity contribution >= 4 is 143 Å². The molecule has 7 heterocycles. The highest BCUT2D eigenvalue weighted by atomic mass is 32.1. The normalized spacial score (nSPS) is 11.7. The Kier molecular flexibility index (Phi) is 18.4. The minimum absolute atomic E-state index is 0.520. The van der Waals surface area contributed by atoms with Crippen LogP contribution in [0.15, 0.2) is 382 Å². The van der Waals surface area contributed by atoms with Crippen molar-refractivity contribution in [3.63, 3.8) is 0 Å². The third-order valence-corrected chi connectivity index (χ3v) is 27.7. The number of nitrogens with zero attached hydrogens (tertiary/aromatic N) is 12. The summed E-state index contributed by atoms with van der Waals surface area (Å²) in [7, 11) is -3.15. The van der Waals surface area contributed by atoms with Gasteiger partial charge < -0.3 is 4.57 Å². The van der Waals surface area contributed by atoms with Gasteiger partial charge in [-0.15, -0.1) is 11.3 Å². The molecule has 0 fully saturated rings. The maximum Gasteiger partial charge on any atom is 0.171 e. The molecule has 23 aromatic rings. The second-order valence-electron chi connectivity index (χ2n) is 29.5. The third-order valence-electron chi connectivity index (χ3n) is 22.3. The zero-order valence-electron chi connectivity index (χ0n) is 64.3. The summed E-state index contributed by atoms with van der Waals surface area (Å²) >= 11 is 4.30. The van der Waals surface area contributed by atoms with Crippen LogP contribution in [-0.2, 0) is 4.57 Å². The van der Waals surface area contributed by atoms with Crippen molar-refractivity contribution < 1.29 is 4.57 Å². The van der Waals surface area contributed by atoms with E-state index >= 15 is 4.57 Å². The van der Waals surface area contributed by atoms with E-state index in [1.165, 1.54) is 49.2 Å². The summed E-state index contributed by atoms with van der Waals surface area (Å²) in [5, 5.41) is 11.2. The highest BCUT2D eigenvalue weighted by Gasteiger charge is 2.31. The van der Waals surface area contributed by atoms with Gasteiger partial charge in [0.25, 0.3) is 0 Å². The number of hydrogen-bond donors (Lipinski definition) is 0. The van der Waals surface area contributed by atoms with Gasteiger partial charge in [-0.2, -0.15) is 17.5 Å². The molecule has 0 N–H and O–H groups in total. The molecule has 0 saturated carbocycles. The molecule has 0 radical (unpaired) electrons. The van der Waals surface area contributed by atoms with Crippen LogP contribution in [0.3, 0.4) is 0 Å². The van der Waals surface area contributed by atoms with Crippen LogP contribution < -0.4 is 15.9 Å². The molecule has 0 unspecified atom stereocenters. The Morgan fingerprint density at radius 3 is 0.917 bits per heavy atom. The zero-order chi connectivity index (χ0) is 80.3. The Hall–Kier alpha value is -15.0. The molecule has 13 nitrogen and oxygen atoms in total. The Morgan fingerprint density at radius 2 is 0.512 bits per heavy atom. The Bertz CT molecular complexity index is 7910. The van der Waals surface area contributed by atoms with Gasteiger partial charge in [0.15, 0.2) is 42.1 Å². The van der Waals surface area contributed by atoms with E-state index in [9.17, 15) is 0 Å². The van der Waals surface area contributed by atoms with E-state index in [0.717, 1.165) is 165 Å². The fourth-order valence-corrected chi connectivity index (χ4v) is 21.4. The van der Waals surface area contributed by atoms with Crippen molar-refractivity contribution in [1.82, 2.24) is 57.4 Å². The SMILES string of the molecule is O=P(c1ccccc1)(c1ccccc1)c1ccc(-c2nc(-c3ccccc3)nc(-c3ccc(-c4cc5c(-c6ccccc6)nc6ccccc6c5c5nsnc45)cc3)n2)cc1.c1ccc(-c2nc(-c3ccc(-c4cc5c(-c6ccccc6)nc6ccccc6c5c5nsnc45)cc3)nc(-c3ccc(-c4cccc5c4sc4ccccc45)cc3)n2)cc1. The topological polar surface area (TPSA) is 172 Å². The number of aromatic nitrogens is 12. The largest absolute Gasteiger partial charge is 0.309 e. The van der Waals surface area contributed by atoms with E-state index in [2.05, 4.69) is 194 Å². The van der Waals surface area contributed by atoms with Crippen molar-refractivity contribution in [1.29, 1.82) is 0 Å². The number of pyridine rings is 2. The number of rotatable bonds is 14. The first-order valence-electron chi connectivity index (χ1n) is 39.6. The van der Waals surface area contributed by atoms with Crippen LogP contribution in [0.4, 0.5) is 0 Å². The minimum Gasteiger partial charge on any atom is -0.309 e. The fraction of sp³-hybridized carbons (Fsp3) is 0. The lowest BCUT2D eigenvalue weighted by Crippen LogP contribution is -2.24. The van der Waals surface area contributed by atoms with E-state index in [1.807, 2.05) is 199 Å². The van der Waals surface area contributed by atoms with Crippen LogP contribution in [0.5, 0.6) is 0 Å². The molecule has 0 aliphatic heterocycles. The van der Waals surface area contributed by atoms with Crippen molar-refractivity contribution in [3.8, 4) is 124 Å². The van der Waals surface area contributed by atoms with Crippen LogP contribution in [-0.4, -0.2) is 57.4 Å². The molecule has 121 heavy (non-hydrogen) atoms. The quantitative estimate of drug-likeness (QED) is 0.0744. The first-order chi connectivity index (χ1) is 59.8. The standard InChI is InChI=1S/C52H33N6OPS.C52H30N6S2/c59-60(39-19-9-3-10-20-39,40-21-11-4-12-22-40)41-31-29-38(30-32-41)52-55-50(36-17-7-2-8-18-36)54-51(56-52)37-27-25-34(26-28-37)43-33-44-46(49-48(43)57-61-58-49)42-23-13-14-24-45(42)53-47(44)35-15-5-1-6-16-35;1-3-12-33(13-4-1)46-42-30-41(47-48(58-60-57-47)45(42)40-17-7-9-20-43(40)53-46)32-24-28-36(29-25-32)52-55-50(34-14-5-2-6-15-34)54-51(56-52)35-26-22-31(23-27-35)37-18-11-19-39-38-16-8-10-21-44(38)59-49(37)39/h1-33H;1-30H. The van der Waals surface area contributed by atoms with Gasteiger partial charge >= 0.3 is 0 Å². The molecular formula is C104H63N12OPS3. The van der Waals surface area contributed by atoms with E-state index in [4.69, 9.17) is 57.4 Å². The number of fused-ring (bicyclic) bond motifs is 13. The summed E-state index contributed by atoms with van der Waals surface area (Å²) < 4.78 is 37.1. The summed E-state index contributed by atoms with van der Waals surface area (Å²) in [5.74, 6) is 3.46. The van der Waals surface area contributed by atoms with Gasteiger partial charge in [-0.05, 0) is 52.6 Å². The van der Waals surface area contributed by atoms with E-state index in [0.29, 0.717) is 34.9 Å². The smallest absolute Gasteiger partial charge is 0.171 e. The average molecular weight is 1620 g/mol. The number of benzene rings is 16. The Morgan fingerprint density at radius 1 is 0.215 bits per heavy atom. The van der Waals surface area contributed by atoms with Crippen LogP contribution in [0.2, 0.25) is 0 Å². The average Bonchev–Trinajstić information content (AvgIpc) is 1.72. The monoisotopic (exact) mass is 1620 g/mol. The van der Waals surface area contributed by atoms with Crippen LogP contribution >= 0.6 is 41.9 Å². The third kappa shape index (κ3) is 13.2. The maximum absolute atomic E-state index is 15.1. The molecule has 0 spiro atoms. The predicted molar refractivity (Wildman–Crippen MR) is 499 cm³/mol. The molecule has 0 aliphatic rings. The molecule has 0 aliphatic carbocycles. The van der Waals surface area contributed by atoms with E-state index < -0.39 is 7.14 Å². The first kappa shape index (κ1) is 72.4. The lowest BCUT2D eigenvalue weighted by Gasteiger charge is -2.20. The zero-order valence-corrected chi connectivity index (χ0v) is 67.7. The summed E-state index contributed by atoms with van der Waals surface area (Å²) in [4.78, 5) is 40.5. The van der Waals surface area contributed by atoms with Gasteiger partial charge in [0, 0.05) is 124 Å². The molecule has 568 valence electrons. The highest BCUT2D eigenvalue weighted by molar-refractivity contribution is 7.85. The summed E-state index contributed by atoms with van der Waals surface area (Å²) in [5.41, 5.74) is 20.8. The van der Waals surface area contributed by atoms with Gasteiger partial charge in [0.05, 0.1) is 45.9 Å². The molecule has 17 heteroatoms.